The van der Waals surface area contributed by atoms with Gasteiger partial charge in [0.25, 0.3) is 0 Å². The fourth-order valence-corrected chi connectivity index (χ4v) is 1.97. The summed E-state index contributed by atoms with van der Waals surface area (Å²) in [4.78, 5) is 11.4. The van der Waals surface area contributed by atoms with Crippen LogP contribution < -0.4 is 5.32 Å². The van der Waals surface area contributed by atoms with E-state index in [0.29, 0.717) is 5.33 Å². The molecule has 92 valence electrons. The maximum absolute atomic E-state index is 11.4. The van der Waals surface area contributed by atoms with E-state index in [4.69, 9.17) is 0 Å². The largest absolute Gasteiger partial charge is 0.381 e. The number of benzene rings is 2. The van der Waals surface area contributed by atoms with Gasteiger partial charge in [0.15, 0.2) is 5.78 Å². The average Bonchev–Trinajstić information content (AvgIpc) is 2.46. The van der Waals surface area contributed by atoms with Crippen molar-refractivity contribution >= 4 is 27.4 Å². The van der Waals surface area contributed by atoms with Gasteiger partial charge in [-0.15, -0.1) is 0 Å². The van der Waals surface area contributed by atoms with E-state index < -0.39 is 0 Å². The minimum absolute atomic E-state index is 0.101. The molecule has 0 unspecified atom stereocenters. The molecule has 2 nitrogen and oxygen atoms in total. The lowest BCUT2D eigenvalue weighted by atomic mass is 10.1. The molecule has 0 bridgehead atoms. The number of hydrogen-bond donors (Lipinski definition) is 1. The first-order chi connectivity index (χ1) is 8.79. The molecule has 0 aromatic heterocycles. The first-order valence-corrected chi connectivity index (χ1v) is 6.89. The van der Waals surface area contributed by atoms with Crippen molar-refractivity contribution < 1.29 is 4.79 Å². The van der Waals surface area contributed by atoms with Crippen LogP contribution in [0.1, 0.15) is 15.9 Å². The number of hydrogen-bond acceptors (Lipinski definition) is 2. The van der Waals surface area contributed by atoms with Gasteiger partial charge in [0, 0.05) is 17.8 Å². The molecule has 2 aromatic rings. The second-order valence-corrected chi connectivity index (χ2v) is 4.53. The molecule has 0 radical (unpaired) electrons. The Balaban J connectivity index is 1.97. The van der Waals surface area contributed by atoms with Gasteiger partial charge in [0.05, 0.1) is 5.33 Å². The Morgan fingerprint density at radius 2 is 1.67 bits per heavy atom. The Labute approximate surface area is 115 Å². The van der Waals surface area contributed by atoms with E-state index >= 15 is 0 Å². The second-order valence-electron chi connectivity index (χ2n) is 3.97. The van der Waals surface area contributed by atoms with Gasteiger partial charge in [-0.2, -0.15) is 0 Å². The lowest BCUT2D eigenvalue weighted by Gasteiger charge is -2.07. The molecule has 0 atom stereocenters. The fraction of sp³-hybridized carbons (Fsp3) is 0.133. The number of halogens is 1. The molecule has 0 amide bonds. The molecule has 3 heteroatoms. The van der Waals surface area contributed by atoms with Crippen LogP contribution in [0.25, 0.3) is 0 Å². The summed E-state index contributed by atoms with van der Waals surface area (Å²) < 4.78 is 0. The van der Waals surface area contributed by atoms with Crippen LogP contribution in [0.2, 0.25) is 0 Å². The number of carbonyl (C=O) groups is 1. The zero-order chi connectivity index (χ0) is 12.8. The average molecular weight is 304 g/mol. The van der Waals surface area contributed by atoms with E-state index in [1.165, 1.54) is 5.56 Å². The van der Waals surface area contributed by atoms with Crippen molar-refractivity contribution in [3.05, 3.63) is 65.7 Å². The van der Waals surface area contributed by atoms with Crippen molar-refractivity contribution in [1.29, 1.82) is 0 Å². The highest BCUT2D eigenvalue weighted by Gasteiger charge is 2.02. The van der Waals surface area contributed by atoms with Crippen LogP contribution in [0, 0.1) is 0 Å². The molecule has 0 saturated heterocycles. The van der Waals surface area contributed by atoms with Crippen LogP contribution in [0.3, 0.4) is 0 Å². The van der Waals surface area contributed by atoms with Gasteiger partial charge in [0.1, 0.15) is 0 Å². The smallest absolute Gasteiger partial charge is 0.173 e. The maximum Gasteiger partial charge on any atom is 0.173 e. The highest BCUT2D eigenvalue weighted by atomic mass is 79.9. The number of ketones is 1. The van der Waals surface area contributed by atoms with Crippen molar-refractivity contribution in [2.75, 3.05) is 10.6 Å². The Bertz CT molecular complexity index is 508. The number of anilines is 1. The molecule has 1 N–H and O–H groups in total. The van der Waals surface area contributed by atoms with E-state index in [1.54, 1.807) is 0 Å². The van der Waals surface area contributed by atoms with Gasteiger partial charge < -0.3 is 5.32 Å². The van der Waals surface area contributed by atoms with Crippen LogP contribution in [-0.4, -0.2) is 11.1 Å². The number of Topliss-reactive ketones (excluding diaryl/α,β-unsaturated/α-hetero) is 1. The lowest BCUT2D eigenvalue weighted by Crippen LogP contribution is -2.02. The summed E-state index contributed by atoms with van der Waals surface area (Å²) in [7, 11) is 0. The zero-order valence-corrected chi connectivity index (χ0v) is 11.5. The summed E-state index contributed by atoms with van der Waals surface area (Å²) in [5.41, 5.74) is 2.99. The van der Waals surface area contributed by atoms with Crippen molar-refractivity contribution in [3.8, 4) is 0 Å². The molecule has 0 aliphatic rings. The number of carbonyl (C=O) groups excluding carboxylic acids is 1. The van der Waals surface area contributed by atoms with E-state index in [1.807, 2.05) is 42.5 Å². The number of alkyl halides is 1. The molecular formula is C15H14BrNO. The molecule has 0 heterocycles. The van der Waals surface area contributed by atoms with E-state index in [0.717, 1.165) is 17.8 Å². The highest BCUT2D eigenvalue weighted by molar-refractivity contribution is 9.09. The minimum Gasteiger partial charge on any atom is -0.381 e. The predicted octanol–water partition coefficient (Wildman–Crippen LogP) is 3.88. The molecule has 0 fully saturated rings. The Kier molecular flexibility index (Phi) is 4.53. The first kappa shape index (κ1) is 12.8. The highest BCUT2D eigenvalue weighted by Crippen LogP contribution is 2.12. The molecule has 2 aromatic carbocycles. The van der Waals surface area contributed by atoms with Gasteiger partial charge in [-0.25, -0.2) is 0 Å². The molecule has 0 saturated carbocycles. The van der Waals surface area contributed by atoms with E-state index in [2.05, 4.69) is 33.4 Å². The standard InChI is InChI=1S/C15H14BrNO/c16-10-15(18)13-6-8-14(9-7-13)17-11-12-4-2-1-3-5-12/h1-9,17H,10-11H2. The topological polar surface area (TPSA) is 29.1 Å². The molecule has 0 spiro atoms. The minimum atomic E-state index is 0.101. The quantitative estimate of drug-likeness (QED) is 0.671. The molecular weight excluding hydrogens is 290 g/mol. The zero-order valence-electron chi connectivity index (χ0n) is 9.90. The van der Waals surface area contributed by atoms with Gasteiger partial charge >= 0.3 is 0 Å². The molecule has 18 heavy (non-hydrogen) atoms. The lowest BCUT2D eigenvalue weighted by molar-refractivity contribution is 0.102. The van der Waals surface area contributed by atoms with Crippen LogP contribution in [-0.2, 0) is 6.54 Å². The van der Waals surface area contributed by atoms with Gasteiger partial charge in [0.2, 0.25) is 0 Å². The molecule has 2 rings (SSSR count). The SMILES string of the molecule is O=C(CBr)c1ccc(NCc2ccccc2)cc1. The third kappa shape index (κ3) is 3.44. The summed E-state index contributed by atoms with van der Waals surface area (Å²) in [6.07, 6.45) is 0. The molecule has 0 aliphatic heterocycles. The van der Waals surface area contributed by atoms with Crippen molar-refractivity contribution in [2.45, 2.75) is 6.54 Å². The Hall–Kier alpha value is -1.61. The Morgan fingerprint density at radius 1 is 1.00 bits per heavy atom. The fourth-order valence-electron chi connectivity index (χ4n) is 1.65. The number of rotatable bonds is 5. The van der Waals surface area contributed by atoms with Gasteiger partial charge in [-0.05, 0) is 29.8 Å². The Morgan fingerprint density at radius 3 is 2.28 bits per heavy atom. The second kappa shape index (κ2) is 6.36. The van der Waals surface area contributed by atoms with Crippen molar-refractivity contribution in [1.82, 2.24) is 0 Å². The van der Waals surface area contributed by atoms with Crippen LogP contribution in [0.4, 0.5) is 5.69 Å². The van der Waals surface area contributed by atoms with Crippen molar-refractivity contribution in [2.24, 2.45) is 0 Å². The van der Waals surface area contributed by atoms with Crippen LogP contribution in [0.5, 0.6) is 0 Å². The van der Waals surface area contributed by atoms with Gasteiger partial charge in [-0.3, -0.25) is 4.79 Å². The van der Waals surface area contributed by atoms with Crippen LogP contribution in [0.15, 0.2) is 54.6 Å². The molecule has 0 aliphatic carbocycles. The van der Waals surface area contributed by atoms with E-state index in [-0.39, 0.29) is 5.78 Å². The number of nitrogens with one attached hydrogen (secondary N) is 1. The third-order valence-electron chi connectivity index (χ3n) is 2.67. The summed E-state index contributed by atoms with van der Waals surface area (Å²) in [6, 6.07) is 17.8. The predicted molar refractivity (Wildman–Crippen MR) is 78.3 cm³/mol. The van der Waals surface area contributed by atoms with Crippen molar-refractivity contribution in [3.63, 3.8) is 0 Å². The summed E-state index contributed by atoms with van der Waals surface area (Å²) in [6.45, 7) is 0.784. The van der Waals surface area contributed by atoms with E-state index in [9.17, 15) is 4.79 Å². The normalized spacial score (nSPS) is 10.1. The summed E-state index contributed by atoms with van der Waals surface area (Å²) >= 11 is 3.17. The summed E-state index contributed by atoms with van der Waals surface area (Å²) in [5.74, 6) is 0.101. The maximum atomic E-state index is 11.4. The first-order valence-electron chi connectivity index (χ1n) is 5.76. The van der Waals surface area contributed by atoms with Crippen LogP contribution >= 0.6 is 15.9 Å². The third-order valence-corrected chi connectivity index (χ3v) is 3.18. The summed E-state index contributed by atoms with van der Waals surface area (Å²) in [5, 5.41) is 3.69. The van der Waals surface area contributed by atoms with Gasteiger partial charge in [-0.1, -0.05) is 46.3 Å². The monoisotopic (exact) mass is 303 g/mol.